The van der Waals surface area contributed by atoms with Crippen molar-refractivity contribution < 1.29 is 23.5 Å². The molecular formula is C16H16ClFN2O4S. The Bertz CT molecular complexity index is 747. The molecule has 2 fully saturated rings. The molecule has 2 heterocycles. The van der Waals surface area contributed by atoms with Crippen LogP contribution in [0.1, 0.15) is 19.8 Å². The zero-order chi connectivity index (χ0) is 18.2. The Hall–Kier alpha value is -1.80. The molecule has 2 amide bonds. The van der Waals surface area contributed by atoms with Crippen LogP contribution in [0.4, 0.5) is 10.1 Å². The van der Waals surface area contributed by atoms with Gasteiger partial charge in [0.2, 0.25) is 5.91 Å². The molecule has 0 bridgehead atoms. The van der Waals surface area contributed by atoms with Crippen LogP contribution in [0.5, 0.6) is 0 Å². The van der Waals surface area contributed by atoms with Crippen molar-refractivity contribution in [2.75, 3.05) is 17.7 Å². The van der Waals surface area contributed by atoms with Gasteiger partial charge in [-0.2, -0.15) is 0 Å². The van der Waals surface area contributed by atoms with Gasteiger partial charge in [-0.1, -0.05) is 11.6 Å². The first-order valence-electron chi connectivity index (χ1n) is 7.68. The molecule has 2 aliphatic heterocycles. The molecule has 6 nitrogen and oxygen atoms in total. The minimum Gasteiger partial charge on any atom is -0.454 e. The Balaban J connectivity index is 1.54. The molecule has 0 aliphatic carbocycles. The van der Waals surface area contributed by atoms with Crippen molar-refractivity contribution in [3.05, 3.63) is 29.0 Å². The quantitative estimate of drug-likeness (QED) is 0.804. The van der Waals surface area contributed by atoms with Crippen LogP contribution in [-0.2, 0) is 19.1 Å². The summed E-state index contributed by atoms with van der Waals surface area (Å²) >= 11 is 7.19. The van der Waals surface area contributed by atoms with Crippen LogP contribution in [0.25, 0.3) is 0 Å². The topological polar surface area (TPSA) is 75.7 Å². The van der Waals surface area contributed by atoms with Crippen molar-refractivity contribution >= 4 is 46.8 Å². The highest BCUT2D eigenvalue weighted by molar-refractivity contribution is 8.01. The molecule has 134 valence electrons. The predicted molar refractivity (Wildman–Crippen MR) is 91.7 cm³/mol. The number of benzene rings is 1. The minimum atomic E-state index is -0.668. The van der Waals surface area contributed by atoms with Crippen LogP contribution < -0.4 is 5.32 Å². The second kappa shape index (κ2) is 6.84. The summed E-state index contributed by atoms with van der Waals surface area (Å²) in [6.45, 7) is 1.44. The van der Waals surface area contributed by atoms with E-state index in [1.807, 2.05) is 6.92 Å². The van der Waals surface area contributed by atoms with Crippen LogP contribution in [0.3, 0.4) is 0 Å². The van der Waals surface area contributed by atoms with Gasteiger partial charge in [-0.25, -0.2) is 9.18 Å². The molecule has 0 unspecified atom stereocenters. The lowest BCUT2D eigenvalue weighted by atomic mass is 10.2. The second-order valence-electron chi connectivity index (χ2n) is 6.05. The van der Waals surface area contributed by atoms with Gasteiger partial charge >= 0.3 is 5.97 Å². The van der Waals surface area contributed by atoms with Crippen molar-refractivity contribution in [2.45, 2.75) is 30.7 Å². The van der Waals surface area contributed by atoms with Crippen molar-refractivity contribution in [1.82, 2.24) is 4.90 Å². The number of nitrogens with zero attached hydrogens (tertiary/aromatic N) is 1. The molecule has 25 heavy (non-hydrogen) atoms. The van der Waals surface area contributed by atoms with Gasteiger partial charge in [0.25, 0.3) is 5.91 Å². The maximum atomic E-state index is 13.1. The summed E-state index contributed by atoms with van der Waals surface area (Å²) in [6.07, 6.45) is 1.12. The van der Waals surface area contributed by atoms with Gasteiger partial charge < -0.3 is 15.0 Å². The highest BCUT2D eigenvalue weighted by Gasteiger charge is 2.53. The number of hydrogen-bond donors (Lipinski definition) is 1. The van der Waals surface area contributed by atoms with Gasteiger partial charge in [-0.05, 0) is 31.5 Å². The maximum absolute atomic E-state index is 13.1. The molecule has 0 aromatic heterocycles. The number of thioether (sulfide) groups is 1. The first-order chi connectivity index (χ1) is 11.8. The summed E-state index contributed by atoms with van der Waals surface area (Å²) in [4.78, 5) is 37.3. The lowest BCUT2D eigenvalue weighted by Gasteiger charge is -2.29. The number of rotatable bonds is 4. The molecule has 3 rings (SSSR count). The average molecular weight is 387 g/mol. The third-order valence-electron chi connectivity index (χ3n) is 4.27. The lowest BCUT2D eigenvalue weighted by molar-refractivity contribution is -0.155. The number of carbonyl (C=O) groups excluding carboxylic acids is 3. The van der Waals surface area contributed by atoms with Crippen LogP contribution in [0, 0.1) is 5.82 Å². The molecule has 0 radical (unpaired) electrons. The van der Waals surface area contributed by atoms with Gasteiger partial charge in [-0.3, -0.25) is 9.59 Å². The number of carbonyl (C=O) groups is 3. The monoisotopic (exact) mass is 386 g/mol. The lowest BCUT2D eigenvalue weighted by Crippen LogP contribution is -2.47. The number of esters is 1. The average Bonchev–Trinajstić information content (AvgIpc) is 3.05. The van der Waals surface area contributed by atoms with Crippen molar-refractivity contribution in [3.63, 3.8) is 0 Å². The Kier molecular flexibility index (Phi) is 4.92. The first kappa shape index (κ1) is 18.0. The Morgan fingerprint density at radius 2 is 2.28 bits per heavy atom. The molecule has 9 heteroatoms. The number of anilines is 1. The SMILES string of the molecule is C[C@]12CCC(=O)N1[C@H](C(=O)OCC(=O)Nc1ccc(F)c(Cl)c1)CS2. The molecule has 1 aromatic carbocycles. The summed E-state index contributed by atoms with van der Waals surface area (Å²) in [6, 6.07) is 3.07. The molecule has 0 saturated carbocycles. The molecule has 1 aromatic rings. The highest BCUT2D eigenvalue weighted by Crippen LogP contribution is 2.47. The second-order valence-corrected chi connectivity index (χ2v) is 7.96. The molecule has 2 aliphatic rings. The Morgan fingerprint density at radius 1 is 1.52 bits per heavy atom. The molecule has 0 spiro atoms. The van der Waals surface area contributed by atoms with E-state index in [0.717, 1.165) is 6.07 Å². The van der Waals surface area contributed by atoms with E-state index < -0.39 is 30.3 Å². The van der Waals surface area contributed by atoms with Crippen molar-refractivity contribution in [1.29, 1.82) is 0 Å². The molecule has 2 atom stereocenters. The summed E-state index contributed by atoms with van der Waals surface area (Å²) in [5, 5.41) is 2.34. The van der Waals surface area contributed by atoms with E-state index >= 15 is 0 Å². The number of nitrogens with one attached hydrogen (secondary N) is 1. The third kappa shape index (κ3) is 3.59. The van der Waals surface area contributed by atoms with E-state index in [9.17, 15) is 18.8 Å². The van der Waals surface area contributed by atoms with E-state index in [-0.39, 0.29) is 15.8 Å². The normalized spacial score (nSPS) is 25.0. The number of fused-ring (bicyclic) bond motifs is 1. The van der Waals surface area contributed by atoms with E-state index in [1.165, 1.54) is 12.1 Å². The molecule has 2 saturated heterocycles. The maximum Gasteiger partial charge on any atom is 0.330 e. The smallest absolute Gasteiger partial charge is 0.330 e. The van der Waals surface area contributed by atoms with Crippen LogP contribution >= 0.6 is 23.4 Å². The standard InChI is InChI=1S/C16H16ClFN2O4S/c1-16-5-4-14(22)20(16)12(8-25-16)15(23)24-7-13(21)19-9-2-3-11(18)10(17)6-9/h2-3,6,12H,4-5,7-8H2,1H3,(H,19,21)/t12-,16-/m0/s1. The third-order valence-corrected chi connectivity index (χ3v) is 6.06. The van der Waals surface area contributed by atoms with Gasteiger partial charge in [0.15, 0.2) is 6.61 Å². The van der Waals surface area contributed by atoms with E-state index in [4.69, 9.17) is 16.3 Å². The minimum absolute atomic E-state index is 0.0696. The summed E-state index contributed by atoms with van der Waals surface area (Å²) < 4.78 is 18.1. The fourth-order valence-corrected chi connectivity index (χ4v) is 4.60. The van der Waals surface area contributed by atoms with Crippen LogP contribution in [0.15, 0.2) is 18.2 Å². The van der Waals surface area contributed by atoms with Crippen LogP contribution in [-0.4, -0.2) is 46.0 Å². The Labute approximate surface area is 153 Å². The van der Waals surface area contributed by atoms with Crippen LogP contribution in [0.2, 0.25) is 5.02 Å². The highest BCUT2D eigenvalue weighted by atomic mass is 35.5. The fourth-order valence-electron chi connectivity index (χ4n) is 3.00. The summed E-state index contributed by atoms with van der Waals surface area (Å²) in [5.41, 5.74) is 0.297. The summed E-state index contributed by atoms with van der Waals surface area (Å²) in [7, 11) is 0. The van der Waals surface area contributed by atoms with Gasteiger partial charge in [0.1, 0.15) is 11.9 Å². The zero-order valence-electron chi connectivity index (χ0n) is 13.4. The molecular weight excluding hydrogens is 371 g/mol. The number of amides is 2. The summed E-state index contributed by atoms with van der Waals surface area (Å²) in [5.74, 6) is -1.38. The molecule has 1 N–H and O–H groups in total. The van der Waals surface area contributed by atoms with Gasteiger partial charge in [-0.15, -0.1) is 11.8 Å². The fraction of sp³-hybridized carbons (Fsp3) is 0.438. The van der Waals surface area contributed by atoms with Crippen molar-refractivity contribution in [3.8, 4) is 0 Å². The van der Waals surface area contributed by atoms with Crippen molar-refractivity contribution in [2.24, 2.45) is 0 Å². The number of halogens is 2. The van der Waals surface area contributed by atoms with E-state index in [1.54, 1.807) is 16.7 Å². The van der Waals surface area contributed by atoms with Gasteiger partial charge in [0.05, 0.1) is 9.89 Å². The number of ether oxygens (including phenoxy) is 1. The number of hydrogen-bond acceptors (Lipinski definition) is 5. The first-order valence-corrected chi connectivity index (χ1v) is 9.04. The van der Waals surface area contributed by atoms with Gasteiger partial charge in [0, 0.05) is 17.9 Å². The Morgan fingerprint density at radius 3 is 3.00 bits per heavy atom. The largest absolute Gasteiger partial charge is 0.454 e. The van der Waals surface area contributed by atoms with E-state index in [2.05, 4.69) is 5.32 Å². The predicted octanol–water partition coefficient (Wildman–Crippen LogP) is 2.41. The van der Waals surface area contributed by atoms with E-state index in [0.29, 0.717) is 24.3 Å². The zero-order valence-corrected chi connectivity index (χ0v) is 15.0.